The zero-order valence-corrected chi connectivity index (χ0v) is 20.3. The van der Waals surface area contributed by atoms with Crippen molar-refractivity contribution in [3.05, 3.63) is 27.3 Å². The number of piperazine rings is 1. The van der Waals surface area contributed by atoms with Crippen LogP contribution in [0.1, 0.15) is 48.9 Å². The SMILES string of the molecule is COc1ccc(C(=O)NC(=S)N2CCNC(=O)C2CC(=O)OC2CCCCC2)cc1I. The van der Waals surface area contributed by atoms with Crippen molar-refractivity contribution in [3.63, 3.8) is 0 Å². The third kappa shape index (κ3) is 6.28. The molecule has 2 N–H and O–H groups in total. The normalized spacial score (nSPS) is 19.4. The quantitative estimate of drug-likeness (QED) is 0.325. The van der Waals surface area contributed by atoms with Gasteiger partial charge in [0, 0.05) is 18.7 Å². The van der Waals surface area contributed by atoms with Gasteiger partial charge in [0.15, 0.2) is 5.11 Å². The molecule has 1 heterocycles. The van der Waals surface area contributed by atoms with Gasteiger partial charge < -0.3 is 19.7 Å². The van der Waals surface area contributed by atoms with Gasteiger partial charge in [-0.1, -0.05) is 6.42 Å². The summed E-state index contributed by atoms with van der Waals surface area (Å²) in [5.74, 6) is -0.440. The Morgan fingerprint density at radius 1 is 1.29 bits per heavy atom. The minimum Gasteiger partial charge on any atom is -0.496 e. The van der Waals surface area contributed by atoms with Crippen molar-refractivity contribution in [2.24, 2.45) is 0 Å². The van der Waals surface area contributed by atoms with Crippen molar-refractivity contribution in [2.75, 3.05) is 20.2 Å². The van der Waals surface area contributed by atoms with E-state index < -0.39 is 12.0 Å². The Labute approximate surface area is 200 Å². The van der Waals surface area contributed by atoms with Gasteiger partial charge in [0.1, 0.15) is 17.9 Å². The Balaban J connectivity index is 1.63. The van der Waals surface area contributed by atoms with Crippen LogP contribution in [-0.2, 0) is 14.3 Å². The van der Waals surface area contributed by atoms with Crippen molar-refractivity contribution < 1.29 is 23.9 Å². The number of carbonyl (C=O) groups is 3. The first-order valence-electron chi connectivity index (χ1n) is 10.3. The van der Waals surface area contributed by atoms with Crippen LogP contribution < -0.4 is 15.4 Å². The van der Waals surface area contributed by atoms with Crippen LogP contribution in [0.2, 0.25) is 0 Å². The maximum absolute atomic E-state index is 12.7. The molecule has 168 valence electrons. The fourth-order valence-corrected chi connectivity index (χ4v) is 4.83. The van der Waals surface area contributed by atoms with Crippen LogP contribution in [0.25, 0.3) is 0 Å². The van der Waals surface area contributed by atoms with Crippen molar-refractivity contribution >= 4 is 57.7 Å². The summed E-state index contributed by atoms with van der Waals surface area (Å²) in [7, 11) is 1.56. The lowest BCUT2D eigenvalue weighted by Crippen LogP contribution is -2.60. The van der Waals surface area contributed by atoms with Gasteiger partial charge in [-0.3, -0.25) is 19.7 Å². The van der Waals surface area contributed by atoms with Gasteiger partial charge in [-0.05, 0) is 78.7 Å². The third-order valence-electron chi connectivity index (χ3n) is 5.44. The van der Waals surface area contributed by atoms with Crippen LogP contribution >= 0.6 is 34.8 Å². The number of ether oxygens (including phenoxy) is 2. The van der Waals surface area contributed by atoms with Gasteiger partial charge in [-0.25, -0.2) is 0 Å². The summed E-state index contributed by atoms with van der Waals surface area (Å²) < 4.78 is 11.6. The number of thiocarbonyl (C=S) groups is 1. The summed E-state index contributed by atoms with van der Waals surface area (Å²) in [6.45, 7) is 0.774. The fraction of sp³-hybridized carbons (Fsp3) is 0.524. The molecule has 10 heteroatoms. The topological polar surface area (TPSA) is 97.0 Å². The van der Waals surface area contributed by atoms with Gasteiger partial charge in [-0.2, -0.15) is 0 Å². The number of esters is 1. The average Bonchev–Trinajstić information content (AvgIpc) is 2.75. The molecule has 1 aromatic carbocycles. The van der Waals surface area contributed by atoms with Crippen LogP contribution in [0.4, 0.5) is 0 Å². The molecule has 1 atom stereocenters. The molecule has 3 rings (SSSR count). The van der Waals surface area contributed by atoms with Crippen molar-refractivity contribution in [3.8, 4) is 5.75 Å². The lowest BCUT2D eigenvalue weighted by molar-refractivity contribution is -0.153. The molecule has 2 fully saturated rings. The highest BCUT2D eigenvalue weighted by molar-refractivity contribution is 14.1. The van der Waals surface area contributed by atoms with Gasteiger partial charge in [0.05, 0.1) is 17.1 Å². The minimum absolute atomic E-state index is 0.0782. The fourth-order valence-electron chi connectivity index (χ4n) is 3.78. The summed E-state index contributed by atoms with van der Waals surface area (Å²) >= 11 is 7.50. The molecule has 1 aliphatic carbocycles. The molecule has 1 aliphatic heterocycles. The van der Waals surface area contributed by atoms with Crippen LogP contribution in [0.15, 0.2) is 18.2 Å². The van der Waals surface area contributed by atoms with E-state index in [0.29, 0.717) is 24.4 Å². The minimum atomic E-state index is -0.811. The second-order valence-electron chi connectivity index (χ2n) is 7.56. The van der Waals surface area contributed by atoms with E-state index in [1.54, 1.807) is 30.2 Å². The Hall–Kier alpha value is -1.95. The van der Waals surface area contributed by atoms with Crippen molar-refractivity contribution in [1.29, 1.82) is 0 Å². The highest BCUT2D eigenvalue weighted by Gasteiger charge is 2.35. The first-order valence-corrected chi connectivity index (χ1v) is 11.8. The first kappa shape index (κ1) is 23.7. The summed E-state index contributed by atoms with van der Waals surface area (Å²) in [5.41, 5.74) is 0.419. The number of methoxy groups -OCH3 is 1. The number of rotatable bonds is 5. The molecule has 1 unspecified atom stereocenters. The summed E-state index contributed by atoms with van der Waals surface area (Å²) in [6.07, 6.45) is 4.80. The summed E-state index contributed by atoms with van der Waals surface area (Å²) in [5, 5.41) is 5.55. The number of nitrogens with one attached hydrogen (secondary N) is 2. The van der Waals surface area contributed by atoms with Crippen molar-refractivity contribution in [2.45, 2.75) is 50.7 Å². The summed E-state index contributed by atoms with van der Waals surface area (Å²) in [4.78, 5) is 39.2. The molecule has 0 aromatic heterocycles. The van der Waals surface area contributed by atoms with E-state index in [1.165, 1.54) is 0 Å². The van der Waals surface area contributed by atoms with Gasteiger partial charge in [0.2, 0.25) is 5.91 Å². The largest absolute Gasteiger partial charge is 0.496 e. The highest BCUT2D eigenvalue weighted by Crippen LogP contribution is 2.23. The number of nitrogens with zero attached hydrogens (tertiary/aromatic N) is 1. The molecule has 1 saturated carbocycles. The second-order valence-corrected chi connectivity index (χ2v) is 9.11. The number of benzene rings is 1. The van der Waals surface area contributed by atoms with E-state index in [1.807, 2.05) is 0 Å². The van der Waals surface area contributed by atoms with Crippen LogP contribution in [0, 0.1) is 3.57 Å². The predicted molar refractivity (Wildman–Crippen MR) is 127 cm³/mol. The maximum Gasteiger partial charge on any atom is 0.308 e. The molecular weight excluding hydrogens is 533 g/mol. The van der Waals surface area contributed by atoms with E-state index in [0.717, 1.165) is 35.7 Å². The average molecular weight is 559 g/mol. The molecule has 0 spiro atoms. The molecule has 8 nitrogen and oxygen atoms in total. The van der Waals surface area contributed by atoms with E-state index in [-0.39, 0.29) is 29.5 Å². The van der Waals surface area contributed by atoms with E-state index >= 15 is 0 Å². The predicted octanol–water partition coefficient (Wildman–Crippen LogP) is 2.38. The van der Waals surface area contributed by atoms with Gasteiger partial charge >= 0.3 is 5.97 Å². The van der Waals surface area contributed by atoms with Gasteiger partial charge in [-0.15, -0.1) is 0 Å². The van der Waals surface area contributed by atoms with E-state index in [9.17, 15) is 14.4 Å². The number of hydrogen-bond donors (Lipinski definition) is 2. The Bertz CT molecular complexity index is 859. The Kier molecular flexibility index (Phi) is 8.47. The summed E-state index contributed by atoms with van der Waals surface area (Å²) in [6, 6.07) is 4.23. The Morgan fingerprint density at radius 2 is 2.03 bits per heavy atom. The standard InChI is InChI=1S/C21H26IN3O5S/c1-29-17-8-7-13(11-15(17)22)19(27)24-21(31)25-10-9-23-20(28)16(25)12-18(26)30-14-5-3-2-4-6-14/h7-8,11,14,16H,2-6,9-10,12H2,1H3,(H,23,28)(H,24,27,31). The molecule has 0 radical (unpaired) electrons. The number of carbonyl (C=O) groups excluding carboxylic acids is 3. The number of hydrogen-bond acceptors (Lipinski definition) is 6. The lowest BCUT2D eigenvalue weighted by atomic mass is 9.98. The molecule has 0 bridgehead atoms. The van der Waals surface area contributed by atoms with Crippen LogP contribution in [0.5, 0.6) is 5.75 Å². The van der Waals surface area contributed by atoms with Crippen LogP contribution in [0.3, 0.4) is 0 Å². The lowest BCUT2D eigenvalue weighted by Gasteiger charge is -2.36. The smallest absolute Gasteiger partial charge is 0.308 e. The molecule has 2 aliphatic rings. The maximum atomic E-state index is 12.7. The second kappa shape index (κ2) is 11.1. The van der Waals surface area contributed by atoms with E-state index in [2.05, 4.69) is 33.2 Å². The molecule has 1 aromatic rings. The van der Waals surface area contributed by atoms with Gasteiger partial charge in [0.25, 0.3) is 5.91 Å². The zero-order chi connectivity index (χ0) is 22.4. The monoisotopic (exact) mass is 559 g/mol. The highest BCUT2D eigenvalue weighted by atomic mass is 127. The van der Waals surface area contributed by atoms with Crippen LogP contribution in [-0.4, -0.2) is 60.1 Å². The van der Waals surface area contributed by atoms with Crippen molar-refractivity contribution in [1.82, 2.24) is 15.5 Å². The Morgan fingerprint density at radius 3 is 2.71 bits per heavy atom. The number of amides is 2. The third-order valence-corrected chi connectivity index (χ3v) is 6.62. The number of halogens is 1. The first-order chi connectivity index (χ1) is 14.9. The molecule has 2 amide bonds. The molecular formula is C21H26IN3O5S. The van der Waals surface area contributed by atoms with E-state index in [4.69, 9.17) is 21.7 Å². The molecule has 1 saturated heterocycles. The molecule has 31 heavy (non-hydrogen) atoms. The zero-order valence-electron chi connectivity index (χ0n) is 17.3.